The van der Waals surface area contributed by atoms with Crippen LogP contribution in [0.1, 0.15) is 28.4 Å². The van der Waals surface area contributed by atoms with Crippen molar-refractivity contribution in [1.29, 1.82) is 0 Å². The van der Waals surface area contributed by atoms with Crippen molar-refractivity contribution in [2.75, 3.05) is 19.7 Å². The second-order valence-electron chi connectivity index (χ2n) is 5.44. The predicted molar refractivity (Wildman–Crippen MR) is 80.1 cm³/mol. The minimum absolute atomic E-state index is 0.0824. The Morgan fingerprint density at radius 2 is 2.35 bits per heavy atom. The first-order valence-electron chi connectivity index (χ1n) is 7.48. The molecular formula is C15H18N4O4. The van der Waals surface area contributed by atoms with E-state index in [0.29, 0.717) is 49.7 Å². The molecule has 0 aromatic carbocycles. The number of oxazole rings is 1. The summed E-state index contributed by atoms with van der Waals surface area (Å²) >= 11 is 0. The maximum absolute atomic E-state index is 12.4. The molecule has 1 fully saturated rings. The van der Waals surface area contributed by atoms with Crippen LogP contribution in [-0.2, 0) is 11.2 Å². The molecule has 0 aliphatic carbocycles. The molecule has 2 aromatic rings. The SMILES string of the molecule is Cc1ocnc1C(=O)N1CCOC(CCc2cc(=O)[nH]cn2)C1. The molecule has 2 aromatic heterocycles. The summed E-state index contributed by atoms with van der Waals surface area (Å²) in [6, 6.07) is 1.48. The van der Waals surface area contributed by atoms with Gasteiger partial charge in [-0.05, 0) is 19.8 Å². The molecule has 1 saturated heterocycles. The van der Waals surface area contributed by atoms with Crippen molar-refractivity contribution in [1.82, 2.24) is 19.9 Å². The summed E-state index contributed by atoms with van der Waals surface area (Å²) in [5.41, 5.74) is 0.896. The van der Waals surface area contributed by atoms with Crippen molar-refractivity contribution in [3.05, 3.63) is 46.3 Å². The van der Waals surface area contributed by atoms with Crippen molar-refractivity contribution in [3.8, 4) is 0 Å². The number of H-pyrrole nitrogens is 1. The van der Waals surface area contributed by atoms with E-state index in [4.69, 9.17) is 9.15 Å². The molecule has 3 rings (SSSR count). The third kappa shape index (κ3) is 3.65. The molecule has 1 atom stereocenters. The minimum Gasteiger partial charge on any atom is -0.448 e. The summed E-state index contributed by atoms with van der Waals surface area (Å²) in [5.74, 6) is 0.379. The van der Waals surface area contributed by atoms with Crippen LogP contribution in [0.25, 0.3) is 0 Å². The lowest BCUT2D eigenvalue weighted by Gasteiger charge is -2.32. The Morgan fingerprint density at radius 3 is 3.09 bits per heavy atom. The molecule has 1 aliphatic heterocycles. The minimum atomic E-state index is -0.169. The molecule has 8 nitrogen and oxygen atoms in total. The van der Waals surface area contributed by atoms with E-state index >= 15 is 0 Å². The van der Waals surface area contributed by atoms with E-state index in [-0.39, 0.29) is 17.6 Å². The number of hydrogen-bond donors (Lipinski definition) is 1. The van der Waals surface area contributed by atoms with Gasteiger partial charge in [0.1, 0.15) is 5.76 Å². The van der Waals surface area contributed by atoms with Crippen LogP contribution in [0, 0.1) is 6.92 Å². The van der Waals surface area contributed by atoms with Crippen LogP contribution in [-0.4, -0.2) is 51.6 Å². The lowest BCUT2D eigenvalue weighted by molar-refractivity contribution is -0.0249. The molecule has 1 amide bonds. The summed E-state index contributed by atoms with van der Waals surface area (Å²) in [6.07, 6.45) is 3.90. The summed E-state index contributed by atoms with van der Waals surface area (Å²) < 4.78 is 10.8. The van der Waals surface area contributed by atoms with Crippen LogP contribution in [0.15, 0.2) is 28.0 Å². The summed E-state index contributed by atoms with van der Waals surface area (Å²) in [6.45, 7) is 3.23. The van der Waals surface area contributed by atoms with E-state index in [0.717, 1.165) is 0 Å². The van der Waals surface area contributed by atoms with E-state index in [2.05, 4.69) is 15.0 Å². The van der Waals surface area contributed by atoms with Crippen molar-refractivity contribution in [3.63, 3.8) is 0 Å². The van der Waals surface area contributed by atoms with Crippen LogP contribution in [0.2, 0.25) is 0 Å². The molecule has 122 valence electrons. The van der Waals surface area contributed by atoms with Crippen molar-refractivity contribution < 1.29 is 13.9 Å². The Hall–Kier alpha value is -2.48. The topological polar surface area (TPSA) is 101 Å². The Labute approximate surface area is 132 Å². The number of nitrogens with zero attached hydrogens (tertiary/aromatic N) is 3. The number of aromatic nitrogens is 3. The number of amides is 1. The van der Waals surface area contributed by atoms with E-state index in [1.165, 1.54) is 18.8 Å². The van der Waals surface area contributed by atoms with Crippen LogP contribution in [0.4, 0.5) is 0 Å². The average molecular weight is 318 g/mol. The number of rotatable bonds is 4. The first-order valence-corrected chi connectivity index (χ1v) is 7.48. The highest BCUT2D eigenvalue weighted by atomic mass is 16.5. The number of aromatic amines is 1. The highest BCUT2D eigenvalue weighted by Crippen LogP contribution is 2.15. The molecule has 1 N–H and O–H groups in total. The number of nitrogens with one attached hydrogen (secondary N) is 1. The van der Waals surface area contributed by atoms with Gasteiger partial charge in [0.2, 0.25) is 0 Å². The largest absolute Gasteiger partial charge is 0.448 e. The Kier molecular flexibility index (Phi) is 4.52. The van der Waals surface area contributed by atoms with E-state index in [1.54, 1.807) is 11.8 Å². The Morgan fingerprint density at radius 1 is 1.48 bits per heavy atom. The zero-order valence-electron chi connectivity index (χ0n) is 12.8. The normalized spacial score (nSPS) is 18.1. The number of morpholine rings is 1. The fourth-order valence-corrected chi connectivity index (χ4v) is 2.59. The van der Waals surface area contributed by atoms with Crippen LogP contribution < -0.4 is 5.56 Å². The number of aryl methyl sites for hydroxylation is 2. The maximum atomic E-state index is 12.4. The van der Waals surface area contributed by atoms with Gasteiger partial charge in [0, 0.05) is 24.8 Å². The van der Waals surface area contributed by atoms with Gasteiger partial charge in [0.25, 0.3) is 11.5 Å². The van der Waals surface area contributed by atoms with E-state index in [9.17, 15) is 9.59 Å². The van der Waals surface area contributed by atoms with Crippen LogP contribution >= 0.6 is 0 Å². The van der Waals surface area contributed by atoms with E-state index < -0.39 is 0 Å². The monoisotopic (exact) mass is 318 g/mol. The number of carbonyl (C=O) groups excluding carboxylic acids is 1. The summed E-state index contributed by atoms with van der Waals surface area (Å²) in [7, 11) is 0. The standard InChI is InChI=1S/C15H18N4O4/c1-10-14(18-9-23-10)15(21)19-4-5-22-12(7-19)3-2-11-6-13(20)17-8-16-11/h6,8-9,12H,2-5,7H2,1H3,(H,16,17,20). The molecule has 3 heterocycles. The Bertz CT molecular complexity index is 739. The summed E-state index contributed by atoms with van der Waals surface area (Å²) in [5, 5.41) is 0. The molecule has 1 unspecified atom stereocenters. The van der Waals surface area contributed by atoms with Crippen molar-refractivity contribution >= 4 is 5.91 Å². The quantitative estimate of drug-likeness (QED) is 0.883. The van der Waals surface area contributed by atoms with Gasteiger partial charge in [-0.15, -0.1) is 0 Å². The van der Waals surface area contributed by atoms with Gasteiger partial charge in [-0.1, -0.05) is 0 Å². The van der Waals surface area contributed by atoms with Gasteiger partial charge < -0.3 is 19.0 Å². The number of ether oxygens (including phenoxy) is 1. The van der Waals surface area contributed by atoms with Crippen molar-refractivity contribution in [2.45, 2.75) is 25.9 Å². The fourth-order valence-electron chi connectivity index (χ4n) is 2.59. The molecular weight excluding hydrogens is 300 g/mol. The van der Waals surface area contributed by atoms with Gasteiger partial charge in [-0.25, -0.2) is 9.97 Å². The lowest BCUT2D eigenvalue weighted by atomic mass is 10.1. The van der Waals surface area contributed by atoms with Gasteiger partial charge in [0.05, 0.1) is 19.0 Å². The highest BCUT2D eigenvalue weighted by Gasteiger charge is 2.27. The first kappa shape index (κ1) is 15.4. The number of hydrogen-bond acceptors (Lipinski definition) is 6. The first-order chi connectivity index (χ1) is 11.1. The maximum Gasteiger partial charge on any atom is 0.276 e. The molecule has 0 radical (unpaired) electrons. The van der Waals surface area contributed by atoms with Gasteiger partial charge in [0.15, 0.2) is 12.1 Å². The second kappa shape index (κ2) is 6.74. The molecule has 0 bridgehead atoms. The third-order valence-corrected chi connectivity index (χ3v) is 3.83. The Balaban J connectivity index is 1.59. The smallest absolute Gasteiger partial charge is 0.276 e. The second-order valence-corrected chi connectivity index (χ2v) is 5.44. The molecule has 0 saturated carbocycles. The van der Waals surface area contributed by atoms with Gasteiger partial charge in [-0.3, -0.25) is 9.59 Å². The molecule has 0 spiro atoms. The zero-order chi connectivity index (χ0) is 16.2. The van der Waals surface area contributed by atoms with Gasteiger partial charge >= 0.3 is 0 Å². The molecule has 8 heteroatoms. The van der Waals surface area contributed by atoms with Gasteiger partial charge in [-0.2, -0.15) is 0 Å². The average Bonchev–Trinajstić information content (AvgIpc) is 2.99. The van der Waals surface area contributed by atoms with Crippen LogP contribution in [0.3, 0.4) is 0 Å². The van der Waals surface area contributed by atoms with Crippen LogP contribution in [0.5, 0.6) is 0 Å². The summed E-state index contributed by atoms with van der Waals surface area (Å²) in [4.78, 5) is 36.0. The fraction of sp³-hybridized carbons (Fsp3) is 0.467. The molecule has 1 aliphatic rings. The predicted octanol–water partition coefficient (Wildman–Crippen LogP) is 0.540. The molecule has 23 heavy (non-hydrogen) atoms. The number of carbonyl (C=O) groups is 1. The lowest BCUT2D eigenvalue weighted by Crippen LogP contribution is -2.46. The van der Waals surface area contributed by atoms with E-state index in [1.807, 2.05) is 0 Å². The zero-order valence-corrected chi connectivity index (χ0v) is 12.8. The van der Waals surface area contributed by atoms with Crippen molar-refractivity contribution in [2.24, 2.45) is 0 Å². The highest BCUT2D eigenvalue weighted by molar-refractivity contribution is 5.93. The third-order valence-electron chi connectivity index (χ3n) is 3.83.